The molecule has 0 rings (SSSR count). The van der Waals surface area contributed by atoms with Crippen molar-refractivity contribution < 1.29 is 9.90 Å². The van der Waals surface area contributed by atoms with E-state index in [0.29, 0.717) is 12.8 Å². The van der Waals surface area contributed by atoms with Crippen LogP contribution in [0, 0.1) is 0 Å². The first-order valence-electron chi connectivity index (χ1n) is 2.60. The van der Waals surface area contributed by atoms with Crippen molar-refractivity contribution in [2.45, 2.75) is 16.6 Å². The summed E-state index contributed by atoms with van der Waals surface area (Å²) in [5, 5.41) is 8.31. The van der Waals surface area contributed by atoms with Crippen LogP contribution in [0.1, 0.15) is 12.8 Å². The second-order valence-electron chi connectivity index (χ2n) is 1.59. The molecule has 0 aliphatic heterocycles. The highest BCUT2D eigenvalue weighted by Gasteiger charge is 2.08. The first kappa shape index (κ1) is 9.59. The van der Waals surface area contributed by atoms with Crippen molar-refractivity contribution in [1.29, 1.82) is 0 Å². The second-order valence-corrected chi connectivity index (χ2v) is 4.65. The van der Waals surface area contributed by atoms with E-state index in [4.69, 9.17) is 5.11 Å². The molecule has 0 amide bonds. The van der Waals surface area contributed by atoms with Gasteiger partial charge in [-0.25, -0.2) is 0 Å². The van der Waals surface area contributed by atoms with E-state index in [1.807, 2.05) is 0 Å². The summed E-state index contributed by atoms with van der Waals surface area (Å²) in [5.74, 6) is 0.0732. The molecule has 4 heteroatoms. The highest BCUT2D eigenvalue weighted by atomic mass is 79.9. The number of hydrogen-bond donors (Lipinski definition) is 1. The van der Waals surface area contributed by atoms with E-state index in [0.717, 1.165) is 0 Å². The van der Waals surface area contributed by atoms with Gasteiger partial charge in [-0.15, -0.1) is 0 Å². The average molecular weight is 260 g/mol. The van der Waals surface area contributed by atoms with Crippen molar-refractivity contribution in [1.82, 2.24) is 0 Å². The van der Waals surface area contributed by atoms with Gasteiger partial charge in [0.25, 0.3) is 0 Å². The van der Waals surface area contributed by atoms with Crippen LogP contribution in [-0.2, 0) is 4.79 Å². The Morgan fingerprint density at radius 3 is 2.44 bits per heavy atom. The molecule has 0 unspecified atom stereocenters. The average Bonchev–Trinajstić information content (AvgIpc) is 1.82. The number of halogens is 2. The maximum Gasteiger partial charge on any atom is 0.157 e. The molecule has 0 aromatic carbocycles. The third-order valence-electron chi connectivity index (χ3n) is 0.825. The number of aliphatic hydroxyl groups is 1. The Labute approximate surface area is 70.9 Å². The van der Waals surface area contributed by atoms with Gasteiger partial charge in [-0.05, 0) is 6.42 Å². The number of carbonyl (C=O) groups excluding carboxylic acids is 1. The molecule has 0 saturated carbocycles. The minimum Gasteiger partial charge on any atom is -0.396 e. The quantitative estimate of drug-likeness (QED) is 0.776. The molecule has 0 aromatic heterocycles. The number of carbonyl (C=O) groups is 1. The molecule has 1 N–H and O–H groups in total. The van der Waals surface area contributed by atoms with Gasteiger partial charge in [0, 0.05) is 13.0 Å². The molecule has 0 fully saturated rings. The van der Waals surface area contributed by atoms with Gasteiger partial charge in [0.15, 0.2) is 5.78 Å². The third kappa shape index (κ3) is 5.06. The zero-order valence-electron chi connectivity index (χ0n) is 4.81. The summed E-state index contributed by atoms with van der Waals surface area (Å²) in [6, 6.07) is 0. The molecule has 0 bridgehead atoms. The monoisotopic (exact) mass is 258 g/mol. The lowest BCUT2D eigenvalue weighted by Gasteiger charge is -1.97. The molecule has 0 spiro atoms. The summed E-state index contributed by atoms with van der Waals surface area (Å²) in [6.07, 6.45) is 0.976. The van der Waals surface area contributed by atoms with Crippen LogP contribution >= 0.6 is 31.9 Å². The Morgan fingerprint density at radius 2 is 2.11 bits per heavy atom. The number of Topliss-reactive ketones (excluding diaryl/α,β-unsaturated/α-hetero) is 1. The summed E-state index contributed by atoms with van der Waals surface area (Å²) in [6.45, 7) is 0.0818. The molecule has 9 heavy (non-hydrogen) atoms. The van der Waals surface area contributed by atoms with Crippen LogP contribution in [0.25, 0.3) is 0 Å². The van der Waals surface area contributed by atoms with Gasteiger partial charge in [-0.1, -0.05) is 31.9 Å². The molecule has 0 heterocycles. The zero-order valence-corrected chi connectivity index (χ0v) is 7.98. The van der Waals surface area contributed by atoms with Crippen molar-refractivity contribution in [3.05, 3.63) is 0 Å². The normalized spacial score (nSPS) is 10.2. The Morgan fingerprint density at radius 1 is 1.56 bits per heavy atom. The summed E-state index contributed by atoms with van der Waals surface area (Å²) < 4.78 is -0.253. The van der Waals surface area contributed by atoms with Gasteiger partial charge >= 0.3 is 0 Å². The van der Waals surface area contributed by atoms with Crippen LogP contribution < -0.4 is 0 Å². The summed E-state index contributed by atoms with van der Waals surface area (Å²) >= 11 is 6.11. The van der Waals surface area contributed by atoms with E-state index < -0.39 is 0 Å². The zero-order chi connectivity index (χ0) is 7.28. The number of ketones is 1. The lowest BCUT2D eigenvalue weighted by Crippen LogP contribution is -2.06. The van der Waals surface area contributed by atoms with Crippen molar-refractivity contribution >= 4 is 37.6 Å². The summed E-state index contributed by atoms with van der Waals surface area (Å²) in [7, 11) is 0. The van der Waals surface area contributed by atoms with E-state index in [-0.39, 0.29) is 16.1 Å². The fraction of sp³-hybridized carbons (Fsp3) is 0.800. The maximum atomic E-state index is 10.7. The predicted molar refractivity (Wildman–Crippen MR) is 43.0 cm³/mol. The fourth-order valence-electron chi connectivity index (χ4n) is 0.362. The topological polar surface area (TPSA) is 37.3 Å². The van der Waals surface area contributed by atoms with Gasteiger partial charge in [0.2, 0.25) is 0 Å². The van der Waals surface area contributed by atoms with Crippen molar-refractivity contribution in [3.8, 4) is 0 Å². The Hall–Kier alpha value is 0.590. The van der Waals surface area contributed by atoms with E-state index in [2.05, 4.69) is 31.9 Å². The molecule has 2 nitrogen and oxygen atoms in total. The summed E-state index contributed by atoms with van der Waals surface area (Å²) in [4.78, 5) is 10.7. The molecule has 0 aromatic rings. The Balaban J connectivity index is 3.28. The molecule has 54 valence electrons. The van der Waals surface area contributed by atoms with Crippen LogP contribution in [-0.4, -0.2) is 21.2 Å². The SMILES string of the molecule is O=C(CCCO)C(Br)Br. The minimum absolute atomic E-state index is 0.0732. The molecule has 0 atom stereocenters. The molecule has 0 radical (unpaired) electrons. The van der Waals surface area contributed by atoms with E-state index in [1.54, 1.807) is 0 Å². The van der Waals surface area contributed by atoms with E-state index >= 15 is 0 Å². The fourth-order valence-corrected chi connectivity index (χ4v) is 0.820. The van der Waals surface area contributed by atoms with Crippen molar-refractivity contribution in [2.75, 3.05) is 6.61 Å². The lowest BCUT2D eigenvalue weighted by atomic mass is 10.2. The summed E-state index contributed by atoms with van der Waals surface area (Å²) in [5.41, 5.74) is 0. The molecular weight excluding hydrogens is 252 g/mol. The van der Waals surface area contributed by atoms with Crippen molar-refractivity contribution in [3.63, 3.8) is 0 Å². The third-order valence-corrected chi connectivity index (χ3v) is 1.85. The molecular formula is C5H8Br2O2. The first-order valence-corrected chi connectivity index (χ1v) is 4.43. The predicted octanol–water partition coefficient (Wildman–Crippen LogP) is 1.44. The lowest BCUT2D eigenvalue weighted by molar-refractivity contribution is -0.117. The van der Waals surface area contributed by atoms with Crippen LogP contribution in [0.2, 0.25) is 0 Å². The maximum absolute atomic E-state index is 10.7. The molecule has 0 aliphatic rings. The largest absolute Gasteiger partial charge is 0.396 e. The van der Waals surface area contributed by atoms with Gasteiger partial charge in [0.1, 0.15) is 3.74 Å². The second kappa shape index (κ2) is 5.38. The highest BCUT2D eigenvalue weighted by Crippen LogP contribution is 2.11. The number of alkyl halides is 2. The molecule has 0 saturated heterocycles. The van der Waals surface area contributed by atoms with E-state index in [9.17, 15) is 4.79 Å². The van der Waals surface area contributed by atoms with Gasteiger partial charge in [0.05, 0.1) is 0 Å². The standard InChI is InChI=1S/C5H8Br2O2/c6-5(7)4(9)2-1-3-8/h5,8H,1-3H2. The van der Waals surface area contributed by atoms with Gasteiger partial charge < -0.3 is 5.11 Å². The van der Waals surface area contributed by atoms with Crippen LogP contribution in [0.5, 0.6) is 0 Å². The van der Waals surface area contributed by atoms with Gasteiger partial charge in [-0.2, -0.15) is 0 Å². The van der Waals surface area contributed by atoms with Crippen LogP contribution in [0.15, 0.2) is 0 Å². The number of hydrogen-bond acceptors (Lipinski definition) is 2. The number of aliphatic hydroxyl groups excluding tert-OH is 1. The van der Waals surface area contributed by atoms with Crippen LogP contribution in [0.4, 0.5) is 0 Å². The minimum atomic E-state index is -0.253. The van der Waals surface area contributed by atoms with Crippen molar-refractivity contribution in [2.24, 2.45) is 0 Å². The van der Waals surface area contributed by atoms with Crippen LogP contribution in [0.3, 0.4) is 0 Å². The first-order chi connectivity index (χ1) is 4.18. The Bertz CT molecular complexity index is 93.0. The smallest absolute Gasteiger partial charge is 0.157 e. The van der Waals surface area contributed by atoms with Gasteiger partial charge in [-0.3, -0.25) is 4.79 Å². The molecule has 0 aliphatic carbocycles. The van der Waals surface area contributed by atoms with E-state index in [1.165, 1.54) is 0 Å². The number of rotatable bonds is 4. The Kier molecular flexibility index (Phi) is 5.73. The highest BCUT2D eigenvalue weighted by molar-refractivity contribution is 9.25.